The highest BCUT2D eigenvalue weighted by Crippen LogP contribution is 2.27. The molecule has 0 radical (unpaired) electrons. The third-order valence-corrected chi connectivity index (χ3v) is 17.0. The molecule has 0 aliphatic rings. The number of ether oxygens (including phenoxy) is 17. The van der Waals surface area contributed by atoms with Gasteiger partial charge in [0.15, 0.2) is 37.1 Å². The number of hydrogen-bond donors (Lipinski definition) is 10. The fraction of sp³-hybridized carbons (Fsp3) is 0.767. The Hall–Kier alpha value is -7.06. The second-order valence-corrected chi connectivity index (χ2v) is 30.3. The molecule has 0 fully saturated rings. The molecule has 0 aromatic carbocycles. The van der Waals surface area contributed by atoms with Crippen molar-refractivity contribution < 1.29 is 200 Å². The van der Waals surface area contributed by atoms with Gasteiger partial charge in [0, 0.05) is 39.1 Å². The number of nitrogens with one attached hydrogen (secondary N) is 9. The van der Waals surface area contributed by atoms with Gasteiger partial charge >= 0.3 is 23.9 Å². The molecule has 43 nitrogen and oxygen atoms in total. The average Bonchev–Trinajstić information content (AvgIpc) is 0.851. The predicted molar refractivity (Wildman–Crippen MR) is 604 cm³/mol. The second kappa shape index (κ2) is 131. The molecule has 6 atom stereocenters. The average molecular weight is 2380 g/mol. The van der Waals surface area contributed by atoms with E-state index >= 15 is 4.79 Å². The number of esters is 4. The lowest BCUT2D eigenvalue weighted by Crippen LogP contribution is -2.47. The highest BCUT2D eigenvalue weighted by atomic mass is 32.1. The molecule has 0 spiro atoms. The maximum absolute atomic E-state index is 15.0. The van der Waals surface area contributed by atoms with E-state index in [-0.39, 0.29) is 251 Å². The van der Waals surface area contributed by atoms with Gasteiger partial charge in [-0.25, -0.2) is 0 Å². The summed E-state index contributed by atoms with van der Waals surface area (Å²) in [5.74, 6) is -3.60. The van der Waals surface area contributed by atoms with Crippen LogP contribution >= 0.6 is 110 Å². The summed E-state index contributed by atoms with van der Waals surface area (Å²) in [4.78, 5) is 101. The second-order valence-electron chi connectivity index (χ2n) is 26.8. The van der Waals surface area contributed by atoms with E-state index in [2.05, 4.69) is 187 Å². The summed E-state index contributed by atoms with van der Waals surface area (Å²) in [5, 5.41) is 32.6. The smallest absolute Gasteiger partial charge is 0.319 e. The van der Waals surface area contributed by atoms with Crippen molar-refractivity contribution in [2.75, 3.05) is 197 Å². The van der Waals surface area contributed by atoms with Crippen molar-refractivity contribution >= 4 is 182 Å². The first-order chi connectivity index (χ1) is 63.9. The van der Waals surface area contributed by atoms with Gasteiger partial charge in [-0.15, -0.1) is 52.6 Å². The summed E-state index contributed by atoms with van der Waals surface area (Å²) >= 11 is 46.1. The van der Waals surface area contributed by atoms with E-state index in [1.807, 2.05) is 0 Å². The Labute approximate surface area is 939 Å². The van der Waals surface area contributed by atoms with Gasteiger partial charge < -0.3 is 128 Å². The molecule has 1 amide bonds. The molecule has 6 unspecified atom stereocenters. The van der Waals surface area contributed by atoms with Crippen molar-refractivity contribution in [1.29, 1.82) is 0 Å². The molecule has 0 aromatic rings. The van der Waals surface area contributed by atoms with Gasteiger partial charge in [-0.2, -0.15) is 51.9 Å². The first-order valence-corrected chi connectivity index (χ1v) is 43.4. The van der Waals surface area contributed by atoms with Crippen LogP contribution in [0.25, 0.3) is 0 Å². The molecule has 9 N–H and O–H groups in total. The summed E-state index contributed by atoms with van der Waals surface area (Å²) in [6, 6.07) is 0. The molecular weight excluding hydrogens is 2190 g/mol. The van der Waals surface area contributed by atoms with Crippen molar-refractivity contribution in [3.05, 3.63) is 52.6 Å². The standard InChI is InChI=1S/C58H94F8N8O33S8.C8H17NOS.4C2H4.16CH4/c1-37(100-104-63)71-51(112)90-31-56(6,32-91-52(113)72-38(2)101-105-64)44(76)85-28-42(99-46(78)58(8,35-92-53(114)73-39(3)102-106-65)36-93-54(115)74-40(4)103-107-66)26-83-25-41(98-45(77)57(7,33-88-49(110)69-11-15-81-19-23-96-61)34-89-50(111)70-12-16-82-20-24-97-62)27-84-43(75)55(5,29-86-47(108)67-9-13-79-17-21-94-59)30-87-48(109)68-10-14-80-18-22-95-60;1-7(2)3-5-9-8(10)4-6-11;4*1-2;;;;;;;;;;;;;;;;/h37-42H,9-36H2,1-8H3,(H,67,108)(H,68,109)(H,69,110)(H,70,111)(H,71,112)(H,72,113)(H,73,114)(H,74,115);7,11H,3-6H2,1-2H3,(H,9,10);4*1-2H2;16*1H4. The van der Waals surface area contributed by atoms with Crippen LogP contribution in [0.15, 0.2) is 52.6 Å². The van der Waals surface area contributed by atoms with Gasteiger partial charge in [0.1, 0.15) is 114 Å². The van der Waals surface area contributed by atoms with E-state index in [0.717, 1.165) is 13.0 Å². The van der Waals surface area contributed by atoms with Crippen molar-refractivity contribution in [3.8, 4) is 0 Å². The molecule has 0 rings (SSSR count). The highest BCUT2D eigenvalue weighted by Gasteiger charge is 2.45. The summed E-state index contributed by atoms with van der Waals surface area (Å²) in [6.07, 6.45) is -7.34. The normalized spacial score (nSPS) is 11.5. The van der Waals surface area contributed by atoms with E-state index in [4.69, 9.17) is 178 Å². The Morgan fingerprint density at radius 1 is 0.280 bits per heavy atom. The van der Waals surface area contributed by atoms with Crippen LogP contribution in [-0.2, 0) is 164 Å². The molecule has 0 saturated carbocycles. The minimum absolute atomic E-state index is 0. The van der Waals surface area contributed by atoms with Gasteiger partial charge in [-0.1, -0.05) is 133 Å². The van der Waals surface area contributed by atoms with Crippen LogP contribution in [0.1, 0.15) is 201 Å². The fourth-order valence-corrected chi connectivity index (χ4v) is 9.73. The number of thiocarbonyl (C=S) groups is 8. The lowest BCUT2D eigenvalue weighted by Gasteiger charge is -2.32. The summed E-state index contributed by atoms with van der Waals surface area (Å²) in [5.41, 5.74) is -8.16. The van der Waals surface area contributed by atoms with Gasteiger partial charge in [0.25, 0.3) is 41.4 Å². The Morgan fingerprint density at radius 2 is 0.487 bits per heavy atom. The maximum Gasteiger partial charge on any atom is 0.319 e. The Morgan fingerprint density at radius 3 is 0.680 bits per heavy atom. The van der Waals surface area contributed by atoms with Gasteiger partial charge in [-0.05, 0) is 228 Å². The Balaban J connectivity index is -0.000000215. The lowest BCUT2D eigenvalue weighted by molar-refractivity contribution is -0.448. The van der Waals surface area contributed by atoms with Crippen molar-refractivity contribution in [2.24, 2.45) is 27.6 Å². The summed E-state index contributed by atoms with van der Waals surface area (Å²) in [6.45, 7) is 27.0. The van der Waals surface area contributed by atoms with Crippen LogP contribution in [0.2, 0.25) is 0 Å². The number of thiol groups is 1. The number of carbonyl (C=O) groups excluding carboxylic acids is 5. The zero-order chi connectivity index (χ0) is 103. The topological polar surface area (TPSA) is 461 Å². The first kappa shape index (κ1) is 197. The molecule has 0 saturated heterocycles. The van der Waals surface area contributed by atoms with E-state index < -0.39 is 183 Å². The third kappa shape index (κ3) is 111. The Bertz CT molecular complexity index is 3060. The molecule has 0 aliphatic carbocycles. The van der Waals surface area contributed by atoms with E-state index in [9.17, 15) is 55.4 Å². The van der Waals surface area contributed by atoms with E-state index in [0.29, 0.717) is 18.1 Å². The van der Waals surface area contributed by atoms with E-state index in [1.54, 1.807) is 0 Å². The molecule has 910 valence electrons. The minimum Gasteiger partial charge on any atom is -0.470 e. The molecule has 0 bridgehead atoms. The zero-order valence-electron chi connectivity index (χ0n) is 75.9. The van der Waals surface area contributed by atoms with Crippen LogP contribution < -0.4 is 47.9 Å². The first-order valence-electron chi connectivity index (χ1n) is 39.5. The highest BCUT2D eigenvalue weighted by molar-refractivity contribution is 7.81. The largest absolute Gasteiger partial charge is 0.470 e. The van der Waals surface area contributed by atoms with Gasteiger partial charge in [-0.3, -0.25) is 24.0 Å². The number of halogens is 8. The zero-order valence-corrected chi connectivity index (χ0v) is 83.4. The molecule has 0 heterocycles. The maximum atomic E-state index is 15.0. The predicted octanol–water partition coefficient (Wildman–Crippen LogP) is 18.3. The number of hydrogen-bond acceptors (Lipinski definition) is 43. The monoisotopic (exact) mass is 2380 g/mol. The number of amides is 1. The summed E-state index contributed by atoms with van der Waals surface area (Å²) in [7, 11) is 0. The SMILES string of the molecule is C.C.C.C.C.C.C.C.C.C.C.C.C.C.C.C.C=C.C=C.C=C.C=C.CC(C)CCNC(=O)CCS.CC(NC(=S)OCC(C)(COC(=S)NC(C)OOF)C(=O)OCC(COCC(COC(=O)C(C)(COC(=S)NCCOCCOF)COC(=S)NCCOCCOF)OC(=O)C(C)(COC(=S)NCCOCCOF)COC(=S)NCCOCCOF)OC(=O)C(C)(COC(=S)NC(C)OOF)COC(=S)NC(C)OOF)OOF. The molecule has 150 heavy (non-hydrogen) atoms. The van der Waals surface area contributed by atoms with Gasteiger partial charge in [0.2, 0.25) is 5.91 Å². The van der Waals surface area contributed by atoms with E-state index in [1.165, 1.54) is 55.4 Å². The third-order valence-electron chi connectivity index (χ3n) is 14.8. The Kier molecular flexibility index (Phi) is 171. The lowest BCUT2D eigenvalue weighted by atomic mass is 9.93. The summed E-state index contributed by atoms with van der Waals surface area (Å²) < 4.78 is 196. The van der Waals surface area contributed by atoms with Crippen molar-refractivity contribution in [1.82, 2.24) is 47.9 Å². The molecule has 60 heteroatoms. The molecule has 0 aliphatic heterocycles. The molecular formula is C90H191F8N9O34S9. The van der Waals surface area contributed by atoms with Crippen molar-refractivity contribution in [2.45, 2.75) is 238 Å². The van der Waals surface area contributed by atoms with Gasteiger partial charge in [0.05, 0.1) is 66.1 Å². The van der Waals surface area contributed by atoms with Crippen LogP contribution in [0, 0.1) is 27.6 Å². The van der Waals surface area contributed by atoms with Crippen LogP contribution in [0.4, 0.5) is 36.2 Å². The van der Waals surface area contributed by atoms with Crippen molar-refractivity contribution in [3.63, 3.8) is 0 Å². The fourth-order valence-electron chi connectivity index (χ4n) is 7.98. The van der Waals surface area contributed by atoms with Crippen LogP contribution in [0.5, 0.6) is 0 Å². The minimum atomic E-state index is -2.14. The molecule has 0 aromatic heterocycles. The van der Waals surface area contributed by atoms with Crippen LogP contribution in [-0.4, -0.2) is 305 Å². The number of carbonyl (C=O) groups is 5. The number of rotatable bonds is 71. The quantitative estimate of drug-likeness (QED) is 0.00258. The van der Waals surface area contributed by atoms with Crippen LogP contribution in [0.3, 0.4) is 0 Å².